The molecule has 0 radical (unpaired) electrons. The van der Waals surface area contributed by atoms with Gasteiger partial charge in [0.1, 0.15) is 11.9 Å². The Kier molecular flexibility index (Phi) is 12.1. The van der Waals surface area contributed by atoms with Gasteiger partial charge in [-0.3, -0.25) is 9.59 Å². The molecule has 0 spiro atoms. The van der Waals surface area contributed by atoms with Gasteiger partial charge in [-0.2, -0.15) is 4.98 Å². The third kappa shape index (κ3) is 9.61. The van der Waals surface area contributed by atoms with Gasteiger partial charge in [0, 0.05) is 61.8 Å². The second-order valence-corrected chi connectivity index (χ2v) is 10.0. The summed E-state index contributed by atoms with van der Waals surface area (Å²) in [5.74, 6) is 7.12. The van der Waals surface area contributed by atoms with E-state index in [1.165, 1.54) is 6.21 Å². The Balaban J connectivity index is 1.52. The normalized spacial score (nSPS) is 14.5. The Morgan fingerprint density at radius 3 is 2.85 bits per heavy atom. The fraction of sp³-hybridized carbons (Fsp3) is 0.433. The lowest BCUT2D eigenvalue weighted by Gasteiger charge is -2.22. The van der Waals surface area contributed by atoms with Crippen LogP contribution in [0, 0.1) is 17.3 Å². The number of aromatic nitrogens is 2. The minimum absolute atomic E-state index is 0.110. The fourth-order valence-electron chi connectivity index (χ4n) is 4.25. The molecule has 1 aliphatic rings. The molecule has 1 saturated heterocycles. The highest BCUT2D eigenvalue weighted by Crippen LogP contribution is 2.21. The van der Waals surface area contributed by atoms with Gasteiger partial charge in [0.15, 0.2) is 0 Å². The molecular weight excluding hydrogens is 518 g/mol. The largest absolute Gasteiger partial charge is 0.398 e. The number of hydrogen-bond donors (Lipinski definition) is 5. The molecule has 1 fully saturated rings. The maximum atomic E-state index is 12.7. The number of nitrogen functional groups attached to an aromatic ring is 1. The molecule has 1 aliphatic heterocycles. The maximum Gasteiger partial charge on any atom is 0.246 e. The number of nitrogens with two attached hydrogens (primary N) is 1. The van der Waals surface area contributed by atoms with Crippen LogP contribution >= 0.6 is 0 Å². The average Bonchev–Trinajstić information content (AvgIpc) is 3.45. The van der Waals surface area contributed by atoms with Gasteiger partial charge in [0.2, 0.25) is 17.8 Å². The molecule has 6 N–H and O–H groups in total. The van der Waals surface area contributed by atoms with Crippen molar-refractivity contribution in [3.05, 3.63) is 47.7 Å². The zero-order chi connectivity index (χ0) is 29.6. The van der Waals surface area contributed by atoms with E-state index in [2.05, 4.69) is 44.7 Å². The Morgan fingerprint density at radius 1 is 1.29 bits per heavy atom. The molecule has 0 aliphatic carbocycles. The van der Waals surface area contributed by atoms with Gasteiger partial charge >= 0.3 is 0 Å². The van der Waals surface area contributed by atoms with Gasteiger partial charge in [-0.05, 0) is 58.0 Å². The quantitative estimate of drug-likeness (QED) is 0.0826. The standard InChI is InChI=1S/C30H41N9O2/c1-4-15-33-28-23(21-35-30(37-28)36-24-14-13-22(20-31)25(32)19-24)10-6-5-7-16-34-29(41)26-11-8-18-39(26)27(40)12-9-17-38(2)3/h9,12-14,19-21,26,31H,4-5,7-8,11,15-18,32H2,1-3H3,(H,34,41)(H2,33,35,36,37). The number of carbonyl (C=O) groups is 2. The van der Waals surface area contributed by atoms with Crippen LogP contribution in [-0.4, -0.2) is 84.1 Å². The molecule has 11 heteroatoms. The lowest BCUT2D eigenvalue weighted by atomic mass is 10.2. The summed E-state index contributed by atoms with van der Waals surface area (Å²) in [4.78, 5) is 37.9. The van der Waals surface area contributed by atoms with Crippen LogP contribution in [0.1, 0.15) is 50.2 Å². The molecule has 1 unspecified atom stereocenters. The van der Waals surface area contributed by atoms with Gasteiger partial charge in [-0.25, -0.2) is 4.98 Å². The molecule has 2 aromatic rings. The number of carbonyl (C=O) groups excluding carboxylic acids is 2. The Morgan fingerprint density at radius 2 is 2.12 bits per heavy atom. The first-order valence-electron chi connectivity index (χ1n) is 14.0. The number of likely N-dealkylation sites (N-methyl/N-ethyl adjacent to an activating group) is 1. The van der Waals surface area contributed by atoms with E-state index in [9.17, 15) is 9.59 Å². The van der Waals surface area contributed by atoms with Crippen molar-refractivity contribution in [3.63, 3.8) is 0 Å². The van der Waals surface area contributed by atoms with E-state index in [4.69, 9.17) is 11.1 Å². The molecule has 3 rings (SSSR count). The minimum Gasteiger partial charge on any atom is -0.398 e. The zero-order valence-electron chi connectivity index (χ0n) is 24.2. The number of hydrogen-bond acceptors (Lipinski definition) is 9. The highest BCUT2D eigenvalue weighted by atomic mass is 16.2. The average molecular weight is 560 g/mol. The summed E-state index contributed by atoms with van der Waals surface area (Å²) < 4.78 is 0. The number of rotatable bonds is 13. The van der Waals surface area contributed by atoms with Crippen LogP contribution in [0.2, 0.25) is 0 Å². The third-order valence-electron chi connectivity index (χ3n) is 6.40. The van der Waals surface area contributed by atoms with E-state index in [1.807, 2.05) is 31.1 Å². The fourth-order valence-corrected chi connectivity index (χ4v) is 4.25. The summed E-state index contributed by atoms with van der Waals surface area (Å²) in [6.45, 7) is 4.58. The van der Waals surface area contributed by atoms with E-state index in [0.717, 1.165) is 25.1 Å². The van der Waals surface area contributed by atoms with E-state index >= 15 is 0 Å². The van der Waals surface area contributed by atoms with Crippen LogP contribution < -0.4 is 21.7 Å². The highest BCUT2D eigenvalue weighted by Gasteiger charge is 2.32. The van der Waals surface area contributed by atoms with Crippen LogP contribution in [0.3, 0.4) is 0 Å². The molecule has 41 heavy (non-hydrogen) atoms. The van der Waals surface area contributed by atoms with Crippen LogP contribution in [0.5, 0.6) is 0 Å². The van der Waals surface area contributed by atoms with Crippen molar-refractivity contribution in [3.8, 4) is 11.8 Å². The van der Waals surface area contributed by atoms with Crippen molar-refractivity contribution in [1.82, 2.24) is 25.1 Å². The molecule has 11 nitrogen and oxygen atoms in total. The summed E-state index contributed by atoms with van der Waals surface area (Å²) in [6, 6.07) is 4.90. The van der Waals surface area contributed by atoms with Crippen LogP contribution in [0.15, 0.2) is 36.5 Å². The van der Waals surface area contributed by atoms with Gasteiger partial charge in [0.05, 0.1) is 11.8 Å². The summed E-state index contributed by atoms with van der Waals surface area (Å²) in [5, 5.41) is 16.8. The second-order valence-electron chi connectivity index (χ2n) is 10.0. The van der Waals surface area contributed by atoms with Crippen molar-refractivity contribution >= 4 is 41.2 Å². The minimum atomic E-state index is -0.417. The summed E-state index contributed by atoms with van der Waals surface area (Å²) in [5.41, 5.74) is 8.53. The maximum absolute atomic E-state index is 12.7. The SMILES string of the molecule is CCCNc1nc(Nc2ccc(C=N)c(N)c2)ncc1C#CCCCNC(=O)C1CCCN1C(=O)C=CCN(C)C. The third-order valence-corrected chi connectivity index (χ3v) is 6.40. The number of amides is 2. The van der Waals surface area contributed by atoms with E-state index in [-0.39, 0.29) is 11.8 Å². The Hall–Kier alpha value is -4.43. The molecule has 1 atom stereocenters. The number of nitrogens with zero attached hydrogens (tertiary/aromatic N) is 4. The number of nitrogens with one attached hydrogen (secondary N) is 4. The Bertz CT molecular complexity index is 1300. The predicted molar refractivity (Wildman–Crippen MR) is 164 cm³/mol. The summed E-state index contributed by atoms with van der Waals surface area (Å²) in [6.07, 6.45) is 9.98. The molecule has 218 valence electrons. The zero-order valence-corrected chi connectivity index (χ0v) is 24.2. The van der Waals surface area contributed by atoms with Gasteiger partial charge in [-0.15, -0.1) is 0 Å². The lowest BCUT2D eigenvalue weighted by molar-refractivity contribution is -0.135. The van der Waals surface area contributed by atoms with E-state index < -0.39 is 6.04 Å². The van der Waals surface area contributed by atoms with E-state index in [0.29, 0.717) is 67.5 Å². The molecule has 1 aromatic heterocycles. The number of anilines is 4. The first kappa shape index (κ1) is 31.1. The first-order chi connectivity index (χ1) is 19.8. The van der Waals surface area contributed by atoms with Crippen molar-refractivity contribution in [2.75, 3.05) is 56.6 Å². The van der Waals surface area contributed by atoms with Crippen LogP contribution in [-0.2, 0) is 9.59 Å². The van der Waals surface area contributed by atoms with Gasteiger partial charge < -0.3 is 36.9 Å². The van der Waals surface area contributed by atoms with Crippen LogP contribution in [0.25, 0.3) is 0 Å². The smallest absolute Gasteiger partial charge is 0.246 e. The number of unbranched alkanes of at least 4 members (excludes halogenated alkanes) is 1. The molecule has 2 heterocycles. The molecular formula is C30H41N9O2. The number of benzene rings is 1. The predicted octanol–water partition coefficient (Wildman–Crippen LogP) is 2.98. The first-order valence-corrected chi connectivity index (χ1v) is 14.0. The monoisotopic (exact) mass is 559 g/mol. The highest BCUT2D eigenvalue weighted by molar-refractivity contribution is 5.93. The number of likely N-dealkylation sites (tertiary alicyclic amines) is 1. The topological polar surface area (TPSA) is 152 Å². The lowest BCUT2D eigenvalue weighted by Crippen LogP contribution is -2.45. The molecule has 2 amide bonds. The molecule has 0 bridgehead atoms. The van der Waals surface area contributed by atoms with Crippen molar-refractivity contribution in [2.45, 2.75) is 45.1 Å². The molecule has 1 aromatic carbocycles. The Labute approximate surface area is 242 Å². The van der Waals surface area contributed by atoms with Crippen molar-refractivity contribution in [2.24, 2.45) is 0 Å². The second kappa shape index (κ2) is 16.0. The molecule has 0 saturated carbocycles. The van der Waals surface area contributed by atoms with Gasteiger partial charge in [0.25, 0.3) is 0 Å². The van der Waals surface area contributed by atoms with Crippen LogP contribution in [0.4, 0.5) is 23.1 Å². The van der Waals surface area contributed by atoms with Crippen molar-refractivity contribution < 1.29 is 9.59 Å². The van der Waals surface area contributed by atoms with Gasteiger partial charge in [-0.1, -0.05) is 24.8 Å². The summed E-state index contributed by atoms with van der Waals surface area (Å²) in [7, 11) is 3.88. The van der Waals surface area contributed by atoms with E-state index in [1.54, 1.807) is 29.3 Å². The summed E-state index contributed by atoms with van der Waals surface area (Å²) >= 11 is 0. The van der Waals surface area contributed by atoms with Crippen molar-refractivity contribution in [1.29, 1.82) is 5.41 Å².